The SMILES string of the molecule is COCO[C@@H]1CC=CO[C@]1(C)c1ccccc1. The first-order chi connectivity index (χ1) is 8.27. The van der Waals surface area contributed by atoms with E-state index in [4.69, 9.17) is 14.2 Å². The Labute approximate surface area is 102 Å². The maximum absolute atomic E-state index is 5.80. The normalized spacial score (nSPS) is 27.8. The number of methoxy groups -OCH3 is 1. The number of rotatable bonds is 4. The van der Waals surface area contributed by atoms with Crippen molar-refractivity contribution in [3.05, 3.63) is 48.2 Å². The van der Waals surface area contributed by atoms with Gasteiger partial charge in [0, 0.05) is 7.11 Å². The largest absolute Gasteiger partial charge is 0.488 e. The summed E-state index contributed by atoms with van der Waals surface area (Å²) in [5, 5.41) is 0. The molecule has 0 saturated heterocycles. The van der Waals surface area contributed by atoms with Crippen molar-refractivity contribution in [3.63, 3.8) is 0 Å². The maximum atomic E-state index is 5.80. The van der Waals surface area contributed by atoms with E-state index in [0.29, 0.717) is 0 Å². The molecule has 17 heavy (non-hydrogen) atoms. The van der Waals surface area contributed by atoms with Crippen LogP contribution in [-0.4, -0.2) is 20.0 Å². The molecule has 0 unspecified atom stereocenters. The summed E-state index contributed by atoms with van der Waals surface area (Å²) in [7, 11) is 1.62. The molecule has 2 rings (SSSR count). The summed E-state index contributed by atoms with van der Waals surface area (Å²) in [6.45, 7) is 2.33. The molecule has 0 radical (unpaired) electrons. The average Bonchev–Trinajstić information content (AvgIpc) is 2.39. The molecule has 1 aromatic carbocycles. The Hall–Kier alpha value is -1.32. The standard InChI is InChI=1S/C14H18O3/c1-14(12-7-4-3-5-8-12)13(16-11-15-2)9-6-10-17-14/h3-8,10,13H,9,11H2,1-2H3/t13-,14-/m1/s1. The summed E-state index contributed by atoms with van der Waals surface area (Å²) in [5.41, 5.74) is 0.666. The summed E-state index contributed by atoms with van der Waals surface area (Å²) in [6.07, 6.45) is 4.52. The Morgan fingerprint density at radius 2 is 2.12 bits per heavy atom. The van der Waals surface area contributed by atoms with Gasteiger partial charge in [0.2, 0.25) is 0 Å². The first kappa shape index (κ1) is 12.1. The maximum Gasteiger partial charge on any atom is 0.157 e. The van der Waals surface area contributed by atoms with Crippen LogP contribution < -0.4 is 0 Å². The molecule has 3 heteroatoms. The van der Waals surface area contributed by atoms with E-state index in [0.717, 1.165) is 12.0 Å². The molecule has 0 spiro atoms. The van der Waals surface area contributed by atoms with Crippen LogP contribution in [0, 0.1) is 0 Å². The first-order valence-corrected chi connectivity index (χ1v) is 5.76. The van der Waals surface area contributed by atoms with Crippen molar-refractivity contribution in [2.75, 3.05) is 13.9 Å². The van der Waals surface area contributed by atoms with Crippen molar-refractivity contribution in [1.82, 2.24) is 0 Å². The summed E-state index contributed by atoms with van der Waals surface area (Å²) in [5.74, 6) is 0. The summed E-state index contributed by atoms with van der Waals surface area (Å²) < 4.78 is 16.5. The van der Waals surface area contributed by atoms with E-state index >= 15 is 0 Å². The molecule has 0 aromatic heterocycles. The third kappa shape index (κ3) is 2.51. The fourth-order valence-corrected chi connectivity index (χ4v) is 2.07. The lowest BCUT2D eigenvalue weighted by atomic mass is 9.87. The Bertz CT molecular complexity index is 374. The molecule has 92 valence electrons. The van der Waals surface area contributed by atoms with Gasteiger partial charge in [0.15, 0.2) is 5.60 Å². The van der Waals surface area contributed by atoms with Crippen LogP contribution in [-0.2, 0) is 19.8 Å². The Morgan fingerprint density at radius 1 is 1.35 bits per heavy atom. The highest BCUT2D eigenvalue weighted by Gasteiger charge is 2.39. The van der Waals surface area contributed by atoms with Crippen molar-refractivity contribution >= 4 is 0 Å². The van der Waals surface area contributed by atoms with Gasteiger partial charge in [0.1, 0.15) is 12.9 Å². The topological polar surface area (TPSA) is 27.7 Å². The molecule has 3 nitrogen and oxygen atoms in total. The third-order valence-corrected chi connectivity index (χ3v) is 3.11. The van der Waals surface area contributed by atoms with Crippen LogP contribution in [0.5, 0.6) is 0 Å². The van der Waals surface area contributed by atoms with E-state index in [9.17, 15) is 0 Å². The molecular formula is C14H18O3. The predicted molar refractivity (Wildman–Crippen MR) is 65.4 cm³/mol. The lowest BCUT2D eigenvalue weighted by molar-refractivity contribution is -0.161. The zero-order valence-electron chi connectivity index (χ0n) is 10.3. The highest BCUT2D eigenvalue weighted by molar-refractivity contribution is 5.25. The smallest absolute Gasteiger partial charge is 0.157 e. The van der Waals surface area contributed by atoms with Crippen molar-refractivity contribution in [2.24, 2.45) is 0 Å². The second kappa shape index (κ2) is 5.34. The van der Waals surface area contributed by atoms with E-state index in [1.165, 1.54) is 0 Å². The van der Waals surface area contributed by atoms with E-state index in [2.05, 4.69) is 12.1 Å². The monoisotopic (exact) mass is 234 g/mol. The summed E-state index contributed by atoms with van der Waals surface area (Å²) in [6, 6.07) is 10.1. The molecule has 0 bridgehead atoms. The quantitative estimate of drug-likeness (QED) is 0.750. The molecule has 1 aliphatic heterocycles. The third-order valence-electron chi connectivity index (χ3n) is 3.11. The summed E-state index contributed by atoms with van der Waals surface area (Å²) in [4.78, 5) is 0. The van der Waals surface area contributed by atoms with Gasteiger partial charge in [-0.05, 0) is 25.0 Å². The zero-order valence-corrected chi connectivity index (χ0v) is 10.3. The predicted octanol–water partition coefficient (Wildman–Crippen LogP) is 2.82. The molecule has 0 amide bonds. The van der Waals surface area contributed by atoms with Gasteiger partial charge in [-0.3, -0.25) is 0 Å². The highest BCUT2D eigenvalue weighted by Crippen LogP contribution is 2.35. The Balaban J connectivity index is 2.23. The molecule has 0 aliphatic carbocycles. The number of ether oxygens (including phenoxy) is 3. The fourth-order valence-electron chi connectivity index (χ4n) is 2.07. The number of benzene rings is 1. The van der Waals surface area contributed by atoms with Gasteiger partial charge in [-0.2, -0.15) is 0 Å². The van der Waals surface area contributed by atoms with Gasteiger partial charge in [-0.25, -0.2) is 0 Å². The van der Waals surface area contributed by atoms with Gasteiger partial charge >= 0.3 is 0 Å². The minimum Gasteiger partial charge on any atom is -0.488 e. The number of hydrogen-bond acceptors (Lipinski definition) is 3. The Kier molecular flexibility index (Phi) is 3.82. The minimum atomic E-state index is -0.450. The summed E-state index contributed by atoms with van der Waals surface area (Å²) >= 11 is 0. The van der Waals surface area contributed by atoms with Crippen LogP contribution in [0.4, 0.5) is 0 Å². The van der Waals surface area contributed by atoms with Crippen molar-refractivity contribution in [2.45, 2.75) is 25.0 Å². The van der Waals surface area contributed by atoms with Crippen LogP contribution in [0.2, 0.25) is 0 Å². The van der Waals surface area contributed by atoms with Gasteiger partial charge in [0.05, 0.1) is 6.26 Å². The average molecular weight is 234 g/mol. The molecule has 0 fully saturated rings. The van der Waals surface area contributed by atoms with Crippen molar-refractivity contribution in [1.29, 1.82) is 0 Å². The number of hydrogen-bond donors (Lipinski definition) is 0. The van der Waals surface area contributed by atoms with Crippen LogP contribution in [0.3, 0.4) is 0 Å². The first-order valence-electron chi connectivity index (χ1n) is 5.76. The second-order valence-electron chi connectivity index (χ2n) is 4.26. The van der Waals surface area contributed by atoms with Crippen LogP contribution in [0.1, 0.15) is 18.9 Å². The van der Waals surface area contributed by atoms with Crippen LogP contribution >= 0.6 is 0 Å². The van der Waals surface area contributed by atoms with Crippen LogP contribution in [0.25, 0.3) is 0 Å². The molecule has 0 N–H and O–H groups in total. The highest BCUT2D eigenvalue weighted by atomic mass is 16.7. The van der Waals surface area contributed by atoms with E-state index < -0.39 is 5.60 Å². The van der Waals surface area contributed by atoms with E-state index in [1.54, 1.807) is 13.4 Å². The molecule has 1 aliphatic rings. The second-order valence-corrected chi connectivity index (χ2v) is 4.26. The zero-order chi connectivity index (χ0) is 12.1. The molecule has 2 atom stereocenters. The van der Waals surface area contributed by atoms with E-state index in [1.807, 2.05) is 31.2 Å². The molecular weight excluding hydrogens is 216 g/mol. The lowest BCUT2D eigenvalue weighted by Gasteiger charge is -2.38. The lowest BCUT2D eigenvalue weighted by Crippen LogP contribution is -2.42. The van der Waals surface area contributed by atoms with Gasteiger partial charge in [0.25, 0.3) is 0 Å². The van der Waals surface area contributed by atoms with Crippen molar-refractivity contribution < 1.29 is 14.2 Å². The van der Waals surface area contributed by atoms with Gasteiger partial charge in [-0.1, -0.05) is 30.3 Å². The molecule has 1 aromatic rings. The minimum absolute atomic E-state index is 0.0325. The van der Waals surface area contributed by atoms with Crippen LogP contribution in [0.15, 0.2) is 42.7 Å². The molecule has 1 heterocycles. The van der Waals surface area contributed by atoms with E-state index in [-0.39, 0.29) is 12.9 Å². The molecule has 0 saturated carbocycles. The van der Waals surface area contributed by atoms with Gasteiger partial charge < -0.3 is 14.2 Å². The fraction of sp³-hybridized carbons (Fsp3) is 0.429. The van der Waals surface area contributed by atoms with Crippen molar-refractivity contribution in [3.8, 4) is 0 Å². The van der Waals surface area contributed by atoms with Gasteiger partial charge in [-0.15, -0.1) is 0 Å². The Morgan fingerprint density at radius 3 is 2.82 bits per heavy atom.